The van der Waals surface area contributed by atoms with Crippen molar-refractivity contribution in [2.24, 2.45) is 0 Å². The van der Waals surface area contributed by atoms with Crippen LogP contribution in [-0.4, -0.2) is 6.61 Å². The van der Waals surface area contributed by atoms with E-state index < -0.39 is 0 Å². The average Bonchev–Trinajstić information content (AvgIpc) is 2.80. The fourth-order valence-corrected chi connectivity index (χ4v) is 6.22. The van der Waals surface area contributed by atoms with Crippen molar-refractivity contribution in [3.8, 4) is 17.2 Å². The van der Waals surface area contributed by atoms with Gasteiger partial charge in [0.05, 0.1) is 6.61 Å². The fraction of sp³-hybridized carbons (Fsp3) is 0.676. The molecule has 0 N–H and O–H groups in total. The Balaban J connectivity index is 2.23. The Morgan fingerprint density at radius 2 is 1.17 bits per heavy atom. The van der Waals surface area contributed by atoms with Gasteiger partial charge in [-0.05, 0) is 45.3 Å². The molecule has 0 amide bonds. The quantitative estimate of drug-likeness (QED) is 0.229. The topological polar surface area (TPSA) is 27.7 Å². The Morgan fingerprint density at radius 3 is 1.73 bits per heavy atom. The highest BCUT2D eigenvalue weighted by molar-refractivity contribution is 7.27. The molecule has 41 heavy (non-hydrogen) atoms. The van der Waals surface area contributed by atoms with Crippen molar-refractivity contribution >= 4 is 9.03 Å². The van der Waals surface area contributed by atoms with Crippen LogP contribution in [0.4, 0.5) is 0 Å². The first-order valence-corrected chi connectivity index (χ1v) is 16.8. The van der Waals surface area contributed by atoms with Crippen LogP contribution in [0.3, 0.4) is 0 Å². The Bertz CT molecular complexity index is 1180. The molecule has 230 valence electrons. The van der Waals surface area contributed by atoms with Crippen LogP contribution in [0.15, 0.2) is 18.2 Å². The monoisotopic (exact) mass is 582 g/mol. The second-order valence-corrected chi connectivity index (χ2v) is 16.8. The van der Waals surface area contributed by atoms with Crippen LogP contribution >= 0.6 is 9.03 Å². The fourth-order valence-electron chi connectivity index (χ4n) is 5.54. The zero-order valence-corrected chi connectivity index (χ0v) is 29.6. The number of hydrogen-bond acceptors (Lipinski definition) is 3. The number of hydrogen-bond donors (Lipinski definition) is 0. The molecule has 0 saturated heterocycles. The zero-order valence-electron chi connectivity index (χ0n) is 28.6. The minimum atomic E-state index is -0.115. The molecule has 3 rings (SSSR count). The molecule has 0 radical (unpaired) electrons. The first-order valence-electron chi connectivity index (χ1n) is 16.0. The average molecular weight is 583 g/mol. The maximum Gasteiger partial charge on any atom is 0.275 e. The van der Waals surface area contributed by atoms with E-state index in [0.29, 0.717) is 0 Å². The zero-order chi connectivity index (χ0) is 30.8. The number of ether oxygens (including phenoxy) is 1. The number of unbranched alkanes of at least 4 members (excludes halogenated alkanes) is 5. The third-order valence-corrected chi connectivity index (χ3v) is 8.76. The van der Waals surface area contributed by atoms with E-state index in [2.05, 4.69) is 108 Å². The summed E-state index contributed by atoms with van der Waals surface area (Å²) in [5.41, 5.74) is 7.31. The molecule has 1 atom stereocenters. The van der Waals surface area contributed by atoms with E-state index >= 15 is 0 Å². The van der Waals surface area contributed by atoms with Crippen molar-refractivity contribution in [3.63, 3.8) is 0 Å². The third-order valence-electron chi connectivity index (χ3n) is 8.18. The van der Waals surface area contributed by atoms with Gasteiger partial charge in [-0.3, -0.25) is 0 Å². The van der Waals surface area contributed by atoms with E-state index in [4.69, 9.17) is 13.8 Å². The summed E-state index contributed by atoms with van der Waals surface area (Å²) in [5, 5.41) is 0. The molecule has 0 aliphatic carbocycles. The van der Waals surface area contributed by atoms with Crippen molar-refractivity contribution in [2.75, 3.05) is 6.61 Å². The minimum Gasteiger partial charge on any atom is -0.493 e. The van der Waals surface area contributed by atoms with E-state index in [0.717, 1.165) is 36.7 Å². The van der Waals surface area contributed by atoms with Gasteiger partial charge < -0.3 is 13.8 Å². The minimum absolute atomic E-state index is 0.0277. The van der Waals surface area contributed by atoms with Gasteiger partial charge in [-0.15, -0.1) is 0 Å². The molecule has 0 aromatic heterocycles. The van der Waals surface area contributed by atoms with Crippen molar-refractivity contribution in [3.05, 3.63) is 51.6 Å². The molecule has 2 aromatic carbocycles. The Kier molecular flexibility index (Phi) is 10.6. The van der Waals surface area contributed by atoms with Crippen LogP contribution in [0.1, 0.15) is 162 Å². The van der Waals surface area contributed by atoms with Crippen LogP contribution in [-0.2, 0) is 28.1 Å². The van der Waals surface area contributed by atoms with Gasteiger partial charge in [0.1, 0.15) is 17.2 Å². The van der Waals surface area contributed by atoms with Gasteiger partial charge in [0.25, 0.3) is 9.03 Å². The summed E-state index contributed by atoms with van der Waals surface area (Å²) in [5.74, 6) is 2.95. The van der Waals surface area contributed by atoms with E-state index in [-0.39, 0.29) is 30.7 Å². The highest BCUT2D eigenvalue weighted by Gasteiger charge is 2.34. The number of benzene rings is 2. The number of rotatable bonds is 8. The van der Waals surface area contributed by atoms with Gasteiger partial charge in [-0.2, -0.15) is 0 Å². The normalized spacial score (nSPS) is 15.0. The second kappa shape index (κ2) is 12.9. The van der Waals surface area contributed by atoms with Crippen molar-refractivity contribution < 1.29 is 13.8 Å². The van der Waals surface area contributed by atoms with Crippen LogP contribution in [0.5, 0.6) is 17.2 Å². The molecule has 1 unspecified atom stereocenters. The van der Waals surface area contributed by atoms with E-state index in [1.54, 1.807) is 0 Å². The third kappa shape index (κ3) is 8.43. The van der Waals surface area contributed by atoms with Crippen LogP contribution in [0.25, 0.3) is 0 Å². The summed E-state index contributed by atoms with van der Waals surface area (Å²) >= 11 is 0. The molecule has 2 aromatic rings. The smallest absolute Gasteiger partial charge is 0.275 e. The lowest BCUT2D eigenvalue weighted by atomic mass is 9.76. The Labute approximate surface area is 254 Å². The molecule has 1 aliphatic heterocycles. The van der Waals surface area contributed by atoms with Gasteiger partial charge in [0.2, 0.25) is 0 Å². The van der Waals surface area contributed by atoms with Gasteiger partial charge in [-0.25, -0.2) is 0 Å². The standard InChI is InChI=1S/C37H59O3P/c1-14-15-16-17-18-19-20-38-32-27-22-25-21-26(34(2,3)4)23-28(35(5,6)7)31(25)39-41-40-33(27)30(37(11,12)13)24-29(32)36(8,9)10/h21,23-24,41H,14-20,22H2,1-13H3. The largest absolute Gasteiger partial charge is 0.493 e. The molecule has 0 bridgehead atoms. The SMILES string of the molecule is CCCCCCCCOc1c(C(C)(C)C)cc(C(C)(C)C)c2c1Cc1cc(C(C)(C)C)cc(C(C)(C)C)c1OPO2. The highest BCUT2D eigenvalue weighted by atomic mass is 31.1. The van der Waals surface area contributed by atoms with Crippen LogP contribution in [0.2, 0.25) is 0 Å². The molecule has 1 heterocycles. The molecule has 0 fully saturated rings. The second-order valence-electron chi connectivity index (χ2n) is 16.2. The predicted octanol–water partition coefficient (Wildman–Crippen LogP) is 11.5. The lowest BCUT2D eigenvalue weighted by molar-refractivity contribution is 0.292. The van der Waals surface area contributed by atoms with Crippen molar-refractivity contribution in [2.45, 2.75) is 157 Å². The molecular weight excluding hydrogens is 523 g/mol. The Hall–Kier alpha value is -1.73. The van der Waals surface area contributed by atoms with Gasteiger partial charge in [0, 0.05) is 28.7 Å². The van der Waals surface area contributed by atoms with Gasteiger partial charge in [0.15, 0.2) is 0 Å². The van der Waals surface area contributed by atoms with Gasteiger partial charge in [-0.1, -0.05) is 134 Å². The molecular formula is C37H59O3P. The summed E-state index contributed by atoms with van der Waals surface area (Å²) < 4.78 is 20.0. The van der Waals surface area contributed by atoms with E-state index in [1.807, 2.05) is 0 Å². The number of fused-ring (bicyclic) bond motifs is 2. The first-order chi connectivity index (χ1) is 18.9. The van der Waals surface area contributed by atoms with Crippen molar-refractivity contribution in [1.82, 2.24) is 0 Å². The lowest BCUT2D eigenvalue weighted by Gasteiger charge is -2.34. The summed E-state index contributed by atoms with van der Waals surface area (Å²) in [6, 6.07) is 7.09. The molecule has 1 aliphatic rings. The predicted molar refractivity (Wildman–Crippen MR) is 179 cm³/mol. The lowest BCUT2D eigenvalue weighted by Crippen LogP contribution is -2.22. The van der Waals surface area contributed by atoms with E-state index in [1.165, 1.54) is 65.5 Å². The maximum atomic E-state index is 6.82. The molecule has 4 heteroatoms. The van der Waals surface area contributed by atoms with Gasteiger partial charge >= 0.3 is 0 Å². The Morgan fingerprint density at radius 1 is 0.634 bits per heavy atom. The van der Waals surface area contributed by atoms with Crippen LogP contribution in [0, 0.1) is 0 Å². The highest BCUT2D eigenvalue weighted by Crippen LogP contribution is 2.51. The summed E-state index contributed by atoms with van der Waals surface area (Å²) in [6.07, 6.45) is 8.21. The first kappa shape index (κ1) is 33.8. The van der Waals surface area contributed by atoms with Crippen molar-refractivity contribution in [1.29, 1.82) is 0 Å². The summed E-state index contributed by atoms with van der Waals surface area (Å²) in [7, 11) is -0.115. The molecule has 0 saturated carbocycles. The molecule has 0 spiro atoms. The van der Waals surface area contributed by atoms with Crippen LogP contribution < -0.4 is 13.8 Å². The summed E-state index contributed by atoms with van der Waals surface area (Å²) in [4.78, 5) is 0. The molecule has 3 nitrogen and oxygen atoms in total. The maximum absolute atomic E-state index is 6.82. The summed E-state index contributed by atoms with van der Waals surface area (Å²) in [6.45, 7) is 30.5. The van der Waals surface area contributed by atoms with E-state index in [9.17, 15) is 0 Å².